The van der Waals surface area contributed by atoms with E-state index in [0.717, 1.165) is 6.07 Å². The zero-order valence-corrected chi connectivity index (χ0v) is 10.6. The lowest BCUT2D eigenvalue weighted by Gasteiger charge is -2.24. The summed E-state index contributed by atoms with van der Waals surface area (Å²) in [6.45, 7) is 0. The number of halogens is 4. The van der Waals surface area contributed by atoms with E-state index in [4.69, 9.17) is 5.73 Å². The van der Waals surface area contributed by atoms with Crippen LogP contribution in [0, 0.1) is 5.82 Å². The van der Waals surface area contributed by atoms with Crippen LogP contribution in [-0.2, 0) is 6.18 Å². The summed E-state index contributed by atoms with van der Waals surface area (Å²) in [5, 5.41) is 0. The monoisotopic (exact) mass is 284 g/mol. The molecule has 20 heavy (non-hydrogen) atoms. The Balaban J connectivity index is 2.49. The lowest BCUT2D eigenvalue weighted by atomic mass is 10.1. The van der Waals surface area contributed by atoms with Gasteiger partial charge in [0.1, 0.15) is 5.82 Å². The number of benzene rings is 2. The summed E-state index contributed by atoms with van der Waals surface area (Å²) in [4.78, 5) is 1.34. The Morgan fingerprint density at radius 1 is 1.00 bits per heavy atom. The van der Waals surface area contributed by atoms with Crippen molar-refractivity contribution in [2.75, 3.05) is 17.7 Å². The minimum Gasteiger partial charge on any atom is -0.399 e. The Bertz CT molecular complexity index is 606. The summed E-state index contributed by atoms with van der Waals surface area (Å²) >= 11 is 0. The molecule has 0 aliphatic heterocycles. The largest absolute Gasteiger partial charge is 0.418 e. The van der Waals surface area contributed by atoms with Crippen molar-refractivity contribution in [2.24, 2.45) is 0 Å². The molecule has 0 saturated heterocycles. The predicted octanol–water partition coefficient (Wildman–Crippen LogP) is 4.19. The summed E-state index contributed by atoms with van der Waals surface area (Å²) < 4.78 is 51.9. The first-order valence-corrected chi connectivity index (χ1v) is 5.75. The first-order chi connectivity index (χ1) is 9.29. The molecule has 106 valence electrons. The highest BCUT2D eigenvalue weighted by atomic mass is 19.4. The summed E-state index contributed by atoms with van der Waals surface area (Å²) in [5.41, 5.74) is 5.02. The van der Waals surface area contributed by atoms with Crippen LogP contribution in [0.1, 0.15) is 5.56 Å². The van der Waals surface area contributed by atoms with E-state index >= 15 is 0 Å². The van der Waals surface area contributed by atoms with E-state index in [9.17, 15) is 17.6 Å². The standard InChI is InChI=1S/C14H12F4N2/c1-20(11-5-2-9(15)3-6-11)13-7-4-10(19)8-12(13)14(16,17)18/h2-8H,19H2,1H3. The maximum absolute atomic E-state index is 13.0. The molecule has 2 N–H and O–H groups in total. The Morgan fingerprint density at radius 2 is 1.60 bits per heavy atom. The zero-order chi connectivity index (χ0) is 14.9. The Hall–Kier alpha value is -2.24. The van der Waals surface area contributed by atoms with Gasteiger partial charge in [-0.3, -0.25) is 0 Å². The van der Waals surface area contributed by atoms with Crippen molar-refractivity contribution < 1.29 is 17.6 Å². The third kappa shape index (κ3) is 2.84. The smallest absolute Gasteiger partial charge is 0.399 e. The molecule has 6 heteroatoms. The van der Waals surface area contributed by atoms with Gasteiger partial charge in [-0.15, -0.1) is 0 Å². The molecule has 2 nitrogen and oxygen atoms in total. The molecule has 0 unspecified atom stereocenters. The topological polar surface area (TPSA) is 29.3 Å². The number of alkyl halides is 3. The molecule has 2 aromatic carbocycles. The molecule has 0 spiro atoms. The average Bonchev–Trinajstić information content (AvgIpc) is 2.38. The molecule has 0 heterocycles. The molecule has 0 fully saturated rings. The second-order valence-electron chi connectivity index (χ2n) is 4.31. The van der Waals surface area contributed by atoms with Gasteiger partial charge >= 0.3 is 6.18 Å². The molecule has 0 bridgehead atoms. The maximum atomic E-state index is 13.0. The van der Waals surface area contributed by atoms with E-state index in [0.29, 0.717) is 5.69 Å². The first kappa shape index (κ1) is 14.2. The van der Waals surface area contributed by atoms with Gasteiger partial charge in [0, 0.05) is 18.4 Å². The SMILES string of the molecule is CN(c1ccc(F)cc1)c1ccc(N)cc1C(F)(F)F. The van der Waals surface area contributed by atoms with Crippen molar-refractivity contribution in [1.82, 2.24) is 0 Å². The van der Waals surface area contributed by atoms with E-state index in [1.54, 1.807) is 0 Å². The highest BCUT2D eigenvalue weighted by Gasteiger charge is 2.34. The van der Waals surface area contributed by atoms with E-state index in [2.05, 4.69) is 0 Å². The van der Waals surface area contributed by atoms with Gasteiger partial charge in [-0.05, 0) is 42.5 Å². The Kier molecular flexibility index (Phi) is 3.57. The van der Waals surface area contributed by atoms with Crippen LogP contribution >= 0.6 is 0 Å². The van der Waals surface area contributed by atoms with E-state index in [-0.39, 0.29) is 11.4 Å². The molecular formula is C14H12F4N2. The van der Waals surface area contributed by atoms with Crippen LogP contribution < -0.4 is 10.6 Å². The highest BCUT2D eigenvalue weighted by molar-refractivity contribution is 5.68. The van der Waals surface area contributed by atoms with Crippen LogP contribution in [0.15, 0.2) is 42.5 Å². The zero-order valence-electron chi connectivity index (χ0n) is 10.6. The van der Waals surface area contributed by atoms with Crippen LogP contribution in [-0.4, -0.2) is 7.05 Å². The van der Waals surface area contributed by atoms with E-state index in [1.807, 2.05) is 0 Å². The normalized spacial score (nSPS) is 11.4. The van der Waals surface area contributed by atoms with Gasteiger partial charge in [0.05, 0.1) is 11.3 Å². The number of rotatable bonds is 2. The second-order valence-corrected chi connectivity index (χ2v) is 4.31. The van der Waals surface area contributed by atoms with Crippen LogP contribution in [0.2, 0.25) is 0 Å². The van der Waals surface area contributed by atoms with E-state index < -0.39 is 17.6 Å². The molecule has 2 aromatic rings. The number of nitrogens with two attached hydrogens (primary N) is 1. The molecule has 0 radical (unpaired) electrons. The molecular weight excluding hydrogens is 272 g/mol. The van der Waals surface area contributed by atoms with Crippen LogP contribution in [0.5, 0.6) is 0 Å². The van der Waals surface area contributed by atoms with E-state index in [1.165, 1.54) is 48.3 Å². The maximum Gasteiger partial charge on any atom is 0.418 e. The lowest BCUT2D eigenvalue weighted by Crippen LogP contribution is -2.17. The van der Waals surface area contributed by atoms with Crippen LogP contribution in [0.25, 0.3) is 0 Å². The van der Waals surface area contributed by atoms with Gasteiger partial charge in [-0.2, -0.15) is 13.2 Å². The second kappa shape index (κ2) is 5.03. The van der Waals surface area contributed by atoms with Crippen LogP contribution in [0.4, 0.5) is 34.6 Å². The van der Waals surface area contributed by atoms with Crippen molar-refractivity contribution in [1.29, 1.82) is 0 Å². The van der Waals surface area contributed by atoms with Gasteiger partial charge in [-0.1, -0.05) is 0 Å². The molecule has 0 aromatic heterocycles. The third-order valence-corrected chi connectivity index (χ3v) is 2.90. The van der Waals surface area contributed by atoms with Gasteiger partial charge < -0.3 is 10.6 Å². The van der Waals surface area contributed by atoms with Crippen molar-refractivity contribution >= 4 is 17.1 Å². The van der Waals surface area contributed by atoms with Gasteiger partial charge in [0.2, 0.25) is 0 Å². The van der Waals surface area contributed by atoms with Crippen molar-refractivity contribution in [2.45, 2.75) is 6.18 Å². The highest BCUT2D eigenvalue weighted by Crippen LogP contribution is 2.39. The number of anilines is 3. The van der Waals surface area contributed by atoms with Gasteiger partial charge in [0.15, 0.2) is 0 Å². The molecule has 0 saturated carbocycles. The first-order valence-electron chi connectivity index (χ1n) is 5.75. The van der Waals surface area contributed by atoms with Crippen molar-refractivity contribution in [3.63, 3.8) is 0 Å². The Morgan fingerprint density at radius 3 is 2.15 bits per heavy atom. The van der Waals surface area contributed by atoms with Crippen LogP contribution in [0.3, 0.4) is 0 Å². The Labute approximate surface area is 113 Å². The summed E-state index contributed by atoms with van der Waals surface area (Å²) in [6.07, 6.45) is -4.51. The molecule has 0 aliphatic carbocycles. The molecule has 0 atom stereocenters. The van der Waals surface area contributed by atoms with Crippen molar-refractivity contribution in [3.8, 4) is 0 Å². The predicted molar refractivity (Wildman–Crippen MR) is 70.3 cm³/mol. The van der Waals surface area contributed by atoms with Gasteiger partial charge in [0.25, 0.3) is 0 Å². The minimum absolute atomic E-state index is 0.0357. The molecule has 0 amide bonds. The quantitative estimate of drug-likeness (QED) is 0.661. The summed E-state index contributed by atoms with van der Waals surface area (Å²) in [7, 11) is 1.48. The minimum atomic E-state index is -4.51. The number of nitrogen functional groups attached to an aromatic ring is 1. The molecule has 2 rings (SSSR count). The summed E-state index contributed by atoms with van der Waals surface area (Å²) in [5.74, 6) is -0.449. The van der Waals surface area contributed by atoms with Gasteiger partial charge in [-0.25, -0.2) is 4.39 Å². The third-order valence-electron chi connectivity index (χ3n) is 2.90. The fraction of sp³-hybridized carbons (Fsp3) is 0.143. The number of hydrogen-bond acceptors (Lipinski definition) is 2. The number of hydrogen-bond donors (Lipinski definition) is 1. The average molecular weight is 284 g/mol. The van der Waals surface area contributed by atoms with Crippen molar-refractivity contribution in [3.05, 3.63) is 53.8 Å². The molecule has 0 aliphatic rings. The summed E-state index contributed by atoms with van der Waals surface area (Å²) in [6, 6.07) is 8.77. The lowest BCUT2D eigenvalue weighted by molar-refractivity contribution is -0.137. The fourth-order valence-electron chi connectivity index (χ4n) is 1.88. The number of nitrogens with zero attached hydrogens (tertiary/aromatic N) is 1. The fourth-order valence-corrected chi connectivity index (χ4v) is 1.88.